The van der Waals surface area contributed by atoms with Gasteiger partial charge in [-0.2, -0.15) is 0 Å². The molecule has 146 valence electrons. The number of aliphatic hydroxyl groups is 1. The minimum absolute atomic E-state index is 0. The summed E-state index contributed by atoms with van der Waals surface area (Å²) in [5.74, 6) is 1.29. The van der Waals surface area contributed by atoms with E-state index in [2.05, 4.69) is 15.2 Å². The number of amides is 1. The van der Waals surface area contributed by atoms with Crippen molar-refractivity contribution in [2.24, 2.45) is 4.99 Å². The lowest BCUT2D eigenvalue weighted by Gasteiger charge is -2.39. The van der Waals surface area contributed by atoms with Crippen LogP contribution in [0.15, 0.2) is 27.8 Å². The van der Waals surface area contributed by atoms with E-state index in [9.17, 15) is 9.90 Å². The van der Waals surface area contributed by atoms with Gasteiger partial charge in [0.2, 0.25) is 0 Å². The van der Waals surface area contributed by atoms with Crippen molar-refractivity contribution in [2.45, 2.75) is 38.5 Å². The van der Waals surface area contributed by atoms with Crippen molar-refractivity contribution in [3.63, 3.8) is 0 Å². The minimum atomic E-state index is -0.722. The molecule has 3 heterocycles. The normalized spacial score (nSPS) is 20.8. The monoisotopic (exact) mass is 478 g/mol. The molecular weight excluding hydrogens is 451 g/mol. The number of ether oxygens (including phenoxy) is 1. The molecule has 1 saturated heterocycles. The predicted octanol–water partition coefficient (Wildman–Crippen LogP) is 1.81. The van der Waals surface area contributed by atoms with Gasteiger partial charge < -0.3 is 29.4 Å². The highest BCUT2D eigenvalue weighted by Gasteiger charge is 2.36. The number of piperazine rings is 1. The van der Waals surface area contributed by atoms with Crippen LogP contribution in [0.5, 0.6) is 0 Å². The zero-order valence-corrected chi connectivity index (χ0v) is 17.7. The number of furan rings is 1. The Morgan fingerprint density at radius 3 is 2.92 bits per heavy atom. The molecule has 1 fully saturated rings. The van der Waals surface area contributed by atoms with Gasteiger partial charge in [-0.3, -0.25) is 4.99 Å². The summed E-state index contributed by atoms with van der Waals surface area (Å²) in [6.07, 6.45) is 0.541. The molecule has 0 saturated carbocycles. The van der Waals surface area contributed by atoms with Crippen LogP contribution in [0.2, 0.25) is 0 Å². The van der Waals surface area contributed by atoms with Crippen LogP contribution in [-0.4, -0.2) is 71.3 Å². The summed E-state index contributed by atoms with van der Waals surface area (Å²) in [6.45, 7) is 8.41. The number of aliphatic imine (C=N–C) groups is 1. The molecule has 0 radical (unpaired) electrons. The molecule has 3 rings (SSSR count). The maximum absolute atomic E-state index is 12.2. The molecular formula is C17H27IN4O4. The van der Waals surface area contributed by atoms with Gasteiger partial charge in [0.1, 0.15) is 17.5 Å². The molecule has 8 nitrogen and oxygen atoms in total. The van der Waals surface area contributed by atoms with Crippen molar-refractivity contribution in [1.82, 2.24) is 15.1 Å². The molecule has 2 aliphatic heterocycles. The number of hydrogen-bond acceptors (Lipinski definition) is 7. The van der Waals surface area contributed by atoms with E-state index in [4.69, 9.17) is 9.15 Å². The first-order valence-corrected chi connectivity index (χ1v) is 8.58. The standard InChI is InChI=1S/C17H26N4O4.HI/c1-17(2,3)25-16(23)20-6-7-21-12(11-20)9-18-15(21)19-10-13(22)14-5-4-8-24-14;/h4-5,8,12-13,22H,6-7,9-11H2,1-3H3,(H,18,19);1H. The van der Waals surface area contributed by atoms with Gasteiger partial charge in [0.25, 0.3) is 0 Å². The molecule has 26 heavy (non-hydrogen) atoms. The molecule has 1 aromatic heterocycles. The Kier molecular flexibility index (Phi) is 6.78. The van der Waals surface area contributed by atoms with E-state index in [0.717, 1.165) is 5.96 Å². The second-order valence-electron chi connectivity index (χ2n) is 7.35. The van der Waals surface area contributed by atoms with E-state index in [1.54, 1.807) is 17.0 Å². The highest BCUT2D eigenvalue weighted by Crippen LogP contribution is 2.19. The number of nitrogens with zero attached hydrogens (tertiary/aromatic N) is 3. The van der Waals surface area contributed by atoms with E-state index in [-0.39, 0.29) is 36.1 Å². The zero-order chi connectivity index (χ0) is 18.0. The Balaban J connectivity index is 0.00000243. The second-order valence-corrected chi connectivity index (χ2v) is 7.35. The third-order valence-corrected chi connectivity index (χ3v) is 4.18. The first kappa shape index (κ1) is 20.8. The van der Waals surface area contributed by atoms with Gasteiger partial charge in [-0.05, 0) is 32.9 Å². The summed E-state index contributed by atoms with van der Waals surface area (Å²) in [6, 6.07) is 3.63. The topological polar surface area (TPSA) is 90.5 Å². The smallest absolute Gasteiger partial charge is 0.410 e. The SMILES string of the molecule is CC(C)(C)OC(=O)N1CCN2C(NCC(O)c3ccco3)=NCC2C1.I. The van der Waals surface area contributed by atoms with E-state index in [0.29, 0.717) is 38.5 Å². The quantitative estimate of drug-likeness (QED) is 0.645. The molecule has 1 aromatic rings. The molecule has 2 atom stereocenters. The van der Waals surface area contributed by atoms with Crippen LogP contribution in [0.3, 0.4) is 0 Å². The van der Waals surface area contributed by atoms with Crippen LogP contribution in [0, 0.1) is 0 Å². The fourth-order valence-electron chi connectivity index (χ4n) is 2.99. The van der Waals surface area contributed by atoms with Crippen molar-refractivity contribution >= 4 is 36.0 Å². The highest BCUT2D eigenvalue weighted by atomic mass is 127. The maximum atomic E-state index is 12.2. The Morgan fingerprint density at radius 1 is 1.50 bits per heavy atom. The molecule has 2 N–H and O–H groups in total. The van der Waals surface area contributed by atoms with E-state index in [1.165, 1.54) is 6.26 Å². The fraction of sp³-hybridized carbons (Fsp3) is 0.647. The second kappa shape index (κ2) is 8.47. The zero-order valence-electron chi connectivity index (χ0n) is 15.3. The number of hydrogen-bond donors (Lipinski definition) is 2. The molecule has 1 amide bonds. The lowest BCUT2D eigenvalue weighted by atomic mass is 10.2. The summed E-state index contributed by atoms with van der Waals surface area (Å²) in [5, 5.41) is 13.3. The summed E-state index contributed by atoms with van der Waals surface area (Å²) >= 11 is 0. The molecule has 0 spiro atoms. The van der Waals surface area contributed by atoms with Crippen molar-refractivity contribution < 1.29 is 19.1 Å². The highest BCUT2D eigenvalue weighted by molar-refractivity contribution is 14.0. The molecule has 9 heteroatoms. The molecule has 0 aliphatic carbocycles. The number of aliphatic hydroxyl groups excluding tert-OH is 1. The van der Waals surface area contributed by atoms with Gasteiger partial charge >= 0.3 is 6.09 Å². The number of rotatable bonds is 3. The Bertz CT molecular complexity index is 629. The molecule has 2 unspecified atom stereocenters. The fourth-order valence-corrected chi connectivity index (χ4v) is 2.99. The third-order valence-electron chi connectivity index (χ3n) is 4.18. The number of carbonyl (C=O) groups excluding carboxylic acids is 1. The van der Waals surface area contributed by atoms with E-state index >= 15 is 0 Å². The lowest BCUT2D eigenvalue weighted by molar-refractivity contribution is 0.0137. The first-order chi connectivity index (χ1) is 11.8. The van der Waals surface area contributed by atoms with Gasteiger partial charge in [-0.1, -0.05) is 0 Å². The number of fused-ring (bicyclic) bond motifs is 1. The third kappa shape index (κ3) is 5.03. The Labute approximate surface area is 170 Å². The van der Waals surface area contributed by atoms with Gasteiger partial charge in [0, 0.05) is 19.6 Å². The molecule has 2 aliphatic rings. The van der Waals surface area contributed by atoms with E-state index < -0.39 is 11.7 Å². The Morgan fingerprint density at radius 2 is 2.27 bits per heavy atom. The number of guanidine groups is 1. The number of carbonyl (C=O) groups is 1. The van der Waals surface area contributed by atoms with Crippen LogP contribution < -0.4 is 5.32 Å². The number of nitrogens with one attached hydrogen (secondary N) is 1. The van der Waals surface area contributed by atoms with Crippen LogP contribution in [0.1, 0.15) is 32.6 Å². The van der Waals surface area contributed by atoms with Gasteiger partial charge in [0.05, 0.1) is 25.4 Å². The van der Waals surface area contributed by atoms with Gasteiger partial charge in [-0.25, -0.2) is 4.79 Å². The molecule has 0 bridgehead atoms. The van der Waals surface area contributed by atoms with E-state index in [1.807, 2.05) is 20.8 Å². The van der Waals surface area contributed by atoms with Crippen molar-refractivity contribution in [1.29, 1.82) is 0 Å². The van der Waals surface area contributed by atoms with Crippen molar-refractivity contribution in [2.75, 3.05) is 32.7 Å². The van der Waals surface area contributed by atoms with Gasteiger partial charge in [0.15, 0.2) is 5.96 Å². The molecule has 0 aromatic carbocycles. The van der Waals surface area contributed by atoms with Crippen LogP contribution in [0.25, 0.3) is 0 Å². The summed E-state index contributed by atoms with van der Waals surface area (Å²) in [7, 11) is 0. The maximum Gasteiger partial charge on any atom is 0.410 e. The Hall–Kier alpha value is -1.49. The van der Waals surface area contributed by atoms with Crippen LogP contribution in [0.4, 0.5) is 4.79 Å². The van der Waals surface area contributed by atoms with Crippen molar-refractivity contribution in [3.05, 3.63) is 24.2 Å². The summed E-state index contributed by atoms with van der Waals surface area (Å²) < 4.78 is 10.6. The van der Waals surface area contributed by atoms with Crippen LogP contribution in [-0.2, 0) is 4.74 Å². The predicted molar refractivity (Wildman–Crippen MR) is 108 cm³/mol. The van der Waals surface area contributed by atoms with Crippen LogP contribution >= 0.6 is 24.0 Å². The van der Waals surface area contributed by atoms with Crippen molar-refractivity contribution in [3.8, 4) is 0 Å². The van der Waals surface area contributed by atoms with Gasteiger partial charge in [-0.15, -0.1) is 24.0 Å². The first-order valence-electron chi connectivity index (χ1n) is 8.58. The average Bonchev–Trinajstić information content (AvgIpc) is 3.20. The summed E-state index contributed by atoms with van der Waals surface area (Å²) in [5.41, 5.74) is -0.491. The minimum Gasteiger partial charge on any atom is -0.467 e. The summed E-state index contributed by atoms with van der Waals surface area (Å²) in [4.78, 5) is 20.6. The number of halogens is 1. The largest absolute Gasteiger partial charge is 0.467 e. The lowest BCUT2D eigenvalue weighted by Crippen LogP contribution is -2.57. The average molecular weight is 478 g/mol.